The van der Waals surface area contributed by atoms with Crippen molar-refractivity contribution in [2.24, 2.45) is 0 Å². The van der Waals surface area contributed by atoms with Crippen LogP contribution in [-0.2, 0) is 4.74 Å². The largest absolute Gasteiger partial charge is 0.393 e. The lowest BCUT2D eigenvalue weighted by atomic mass is 9.74. The standard InChI is InChI=1S/C8H14F2O6/c1-16-6-4(13)3(12)5(14)7(15,2-11)8(6,9)10/h3-6,11-15H,2H2,1H3/t3-,4-,5+,6-,7-/m1/s1. The van der Waals surface area contributed by atoms with E-state index < -0.39 is 42.5 Å². The summed E-state index contributed by atoms with van der Waals surface area (Å²) in [5.41, 5.74) is -3.26. The molecule has 0 aromatic carbocycles. The van der Waals surface area contributed by atoms with E-state index in [2.05, 4.69) is 4.74 Å². The van der Waals surface area contributed by atoms with Gasteiger partial charge in [0.25, 0.3) is 0 Å². The number of hydrogen-bond acceptors (Lipinski definition) is 6. The molecule has 0 unspecified atom stereocenters. The van der Waals surface area contributed by atoms with Gasteiger partial charge < -0.3 is 30.3 Å². The molecule has 1 aliphatic rings. The van der Waals surface area contributed by atoms with Gasteiger partial charge in [-0.25, -0.2) is 8.78 Å². The zero-order valence-electron chi connectivity index (χ0n) is 8.42. The highest BCUT2D eigenvalue weighted by Gasteiger charge is 2.70. The molecule has 5 atom stereocenters. The minimum absolute atomic E-state index is 0.851. The van der Waals surface area contributed by atoms with Crippen molar-refractivity contribution in [2.45, 2.75) is 35.9 Å². The van der Waals surface area contributed by atoms with Gasteiger partial charge in [0, 0.05) is 7.11 Å². The van der Waals surface area contributed by atoms with Crippen molar-refractivity contribution in [3.8, 4) is 0 Å². The zero-order chi connectivity index (χ0) is 12.7. The van der Waals surface area contributed by atoms with Crippen LogP contribution in [0.2, 0.25) is 0 Å². The summed E-state index contributed by atoms with van der Waals surface area (Å²) < 4.78 is 31.5. The van der Waals surface area contributed by atoms with E-state index >= 15 is 0 Å². The molecule has 6 nitrogen and oxygen atoms in total. The predicted octanol–water partition coefficient (Wildman–Crippen LogP) is -2.54. The molecule has 0 amide bonds. The van der Waals surface area contributed by atoms with Gasteiger partial charge in [-0.2, -0.15) is 0 Å². The number of ether oxygens (including phenoxy) is 1. The quantitative estimate of drug-likeness (QED) is 0.366. The van der Waals surface area contributed by atoms with Crippen molar-refractivity contribution in [3.63, 3.8) is 0 Å². The number of aliphatic hydroxyl groups excluding tert-OH is 4. The molecular formula is C8H14F2O6. The third kappa shape index (κ3) is 1.53. The Bertz CT molecular complexity index is 263. The van der Waals surface area contributed by atoms with Crippen molar-refractivity contribution in [3.05, 3.63) is 0 Å². The van der Waals surface area contributed by atoms with Crippen LogP contribution in [0.4, 0.5) is 8.78 Å². The Morgan fingerprint density at radius 3 is 2.06 bits per heavy atom. The number of halogens is 2. The monoisotopic (exact) mass is 244 g/mol. The van der Waals surface area contributed by atoms with Crippen LogP contribution in [0.25, 0.3) is 0 Å². The minimum Gasteiger partial charge on any atom is -0.393 e. The Morgan fingerprint density at radius 2 is 1.69 bits per heavy atom. The Morgan fingerprint density at radius 1 is 1.19 bits per heavy atom. The zero-order valence-corrected chi connectivity index (χ0v) is 8.42. The van der Waals surface area contributed by atoms with Gasteiger partial charge in [-0.15, -0.1) is 0 Å². The van der Waals surface area contributed by atoms with Crippen LogP contribution >= 0.6 is 0 Å². The molecule has 1 saturated carbocycles. The maximum atomic E-state index is 13.6. The lowest BCUT2D eigenvalue weighted by Gasteiger charge is -2.49. The lowest BCUT2D eigenvalue weighted by molar-refractivity contribution is -0.341. The molecule has 0 aromatic heterocycles. The first-order valence-electron chi connectivity index (χ1n) is 4.52. The fourth-order valence-electron chi connectivity index (χ4n) is 1.79. The van der Waals surface area contributed by atoms with Crippen molar-refractivity contribution >= 4 is 0 Å². The van der Waals surface area contributed by atoms with Crippen LogP contribution in [0.3, 0.4) is 0 Å². The van der Waals surface area contributed by atoms with Gasteiger partial charge in [-0.3, -0.25) is 0 Å². The van der Waals surface area contributed by atoms with Crippen LogP contribution in [-0.4, -0.2) is 75.2 Å². The van der Waals surface area contributed by atoms with E-state index in [1.54, 1.807) is 0 Å². The third-order valence-corrected chi connectivity index (χ3v) is 2.90. The molecule has 5 N–H and O–H groups in total. The summed E-state index contributed by atoms with van der Waals surface area (Å²) in [4.78, 5) is 0. The molecule has 8 heteroatoms. The highest BCUT2D eigenvalue weighted by atomic mass is 19.3. The molecule has 0 saturated heterocycles. The van der Waals surface area contributed by atoms with Gasteiger partial charge in [0.15, 0.2) is 11.7 Å². The molecule has 0 aromatic rings. The molecule has 1 aliphatic carbocycles. The molecule has 0 spiro atoms. The molecule has 1 rings (SSSR count). The van der Waals surface area contributed by atoms with Crippen molar-refractivity contribution in [1.29, 1.82) is 0 Å². The first kappa shape index (κ1) is 13.7. The van der Waals surface area contributed by atoms with Crippen LogP contribution in [0.15, 0.2) is 0 Å². The van der Waals surface area contributed by atoms with E-state index in [4.69, 9.17) is 5.11 Å². The number of hydrogen-bond donors (Lipinski definition) is 5. The molecule has 0 aliphatic heterocycles. The van der Waals surface area contributed by atoms with E-state index in [1.807, 2.05) is 0 Å². The lowest BCUT2D eigenvalue weighted by Crippen LogP contribution is -2.75. The van der Waals surface area contributed by atoms with Gasteiger partial charge in [-0.05, 0) is 0 Å². The summed E-state index contributed by atoms with van der Waals surface area (Å²) in [5, 5.41) is 46.0. The predicted molar refractivity (Wildman–Crippen MR) is 45.8 cm³/mol. The van der Waals surface area contributed by atoms with Gasteiger partial charge >= 0.3 is 5.92 Å². The summed E-state index contributed by atoms with van der Waals surface area (Å²) in [6.45, 7) is -1.48. The molecular weight excluding hydrogens is 230 g/mol. The summed E-state index contributed by atoms with van der Waals surface area (Å²) >= 11 is 0. The second-order valence-corrected chi connectivity index (χ2v) is 3.79. The summed E-state index contributed by atoms with van der Waals surface area (Å²) in [6.07, 6.45) is -8.71. The summed E-state index contributed by atoms with van der Waals surface area (Å²) in [7, 11) is 0.851. The summed E-state index contributed by atoms with van der Waals surface area (Å²) in [5.74, 6) is -4.10. The van der Waals surface area contributed by atoms with Crippen LogP contribution < -0.4 is 0 Å². The Kier molecular flexibility index (Phi) is 3.53. The highest BCUT2D eigenvalue weighted by molar-refractivity contribution is 5.13. The maximum Gasteiger partial charge on any atom is 0.309 e. The maximum absolute atomic E-state index is 13.6. The molecule has 0 heterocycles. The Labute approximate surface area is 89.7 Å². The molecule has 96 valence electrons. The van der Waals surface area contributed by atoms with Gasteiger partial charge in [0.1, 0.15) is 18.3 Å². The third-order valence-electron chi connectivity index (χ3n) is 2.90. The summed E-state index contributed by atoms with van der Waals surface area (Å²) in [6, 6.07) is 0. The second kappa shape index (κ2) is 4.13. The minimum atomic E-state index is -4.10. The number of rotatable bonds is 2. The number of methoxy groups -OCH3 is 1. The molecule has 1 fully saturated rings. The van der Waals surface area contributed by atoms with E-state index in [0.717, 1.165) is 7.11 Å². The second-order valence-electron chi connectivity index (χ2n) is 3.79. The normalized spacial score (nSPS) is 48.0. The fraction of sp³-hybridized carbons (Fsp3) is 1.00. The van der Waals surface area contributed by atoms with Crippen LogP contribution in [0.1, 0.15) is 0 Å². The Balaban J connectivity index is 3.19. The molecule has 0 radical (unpaired) electrons. The van der Waals surface area contributed by atoms with Crippen molar-refractivity contribution < 1.29 is 39.1 Å². The van der Waals surface area contributed by atoms with Crippen molar-refractivity contribution in [2.75, 3.05) is 13.7 Å². The van der Waals surface area contributed by atoms with E-state index in [1.165, 1.54) is 0 Å². The Hall–Kier alpha value is -0.380. The topological polar surface area (TPSA) is 110 Å². The van der Waals surface area contributed by atoms with Crippen LogP contribution in [0.5, 0.6) is 0 Å². The number of alkyl halides is 2. The SMILES string of the molecule is CO[C@@H]1[C@H](O)[C@@H](O)[C@H](O)[C@](O)(CO)C1(F)F. The highest BCUT2D eigenvalue weighted by Crippen LogP contribution is 2.43. The fourth-order valence-corrected chi connectivity index (χ4v) is 1.79. The van der Waals surface area contributed by atoms with Crippen molar-refractivity contribution in [1.82, 2.24) is 0 Å². The van der Waals surface area contributed by atoms with E-state index in [0.29, 0.717) is 0 Å². The molecule has 0 bridgehead atoms. The van der Waals surface area contributed by atoms with Gasteiger partial charge in [0.05, 0.1) is 6.61 Å². The van der Waals surface area contributed by atoms with Gasteiger partial charge in [0.2, 0.25) is 0 Å². The number of aliphatic hydroxyl groups is 5. The van der Waals surface area contributed by atoms with E-state index in [-0.39, 0.29) is 0 Å². The van der Waals surface area contributed by atoms with E-state index in [9.17, 15) is 29.2 Å². The smallest absolute Gasteiger partial charge is 0.309 e. The molecule has 16 heavy (non-hydrogen) atoms. The average molecular weight is 244 g/mol. The first-order valence-corrected chi connectivity index (χ1v) is 4.52. The average Bonchev–Trinajstić information content (AvgIpc) is 2.24. The van der Waals surface area contributed by atoms with Crippen LogP contribution in [0, 0.1) is 0 Å². The van der Waals surface area contributed by atoms with Gasteiger partial charge in [-0.1, -0.05) is 0 Å². The first-order chi connectivity index (χ1) is 7.24.